The van der Waals surface area contributed by atoms with Crippen LogP contribution >= 0.6 is 0 Å². The molecule has 29 heavy (non-hydrogen) atoms. The second-order valence-corrected chi connectivity index (χ2v) is 6.13. The van der Waals surface area contributed by atoms with Crippen LogP contribution in [-0.4, -0.2) is 31.1 Å². The summed E-state index contributed by atoms with van der Waals surface area (Å²) in [7, 11) is 1.35. The Labute approximate surface area is 162 Å². The van der Waals surface area contributed by atoms with Gasteiger partial charge in [-0.15, -0.1) is 0 Å². The minimum atomic E-state index is -5.97. The lowest BCUT2D eigenvalue weighted by atomic mass is 10.1. The van der Waals surface area contributed by atoms with Gasteiger partial charge in [0.25, 0.3) is 5.91 Å². The lowest BCUT2D eigenvalue weighted by Crippen LogP contribution is -2.69. The second-order valence-electron chi connectivity index (χ2n) is 6.13. The molecule has 0 fully saturated rings. The van der Waals surface area contributed by atoms with Crippen molar-refractivity contribution in [3.8, 4) is 5.75 Å². The summed E-state index contributed by atoms with van der Waals surface area (Å²) in [6.07, 6.45) is -11.9. The third-order valence-corrected chi connectivity index (χ3v) is 4.02. The monoisotopic (exact) mass is 421 g/mol. The van der Waals surface area contributed by atoms with Gasteiger partial charge < -0.3 is 14.8 Å². The number of nitrogens with one attached hydrogen (secondary N) is 1. The van der Waals surface area contributed by atoms with E-state index in [4.69, 9.17) is 4.74 Å². The summed E-state index contributed by atoms with van der Waals surface area (Å²) in [5, 5.41) is 1.00. The standard InChI is InChI=1S/C19H17F6NO3/c1-12-3-7-14(8-4-12)16(27)26-17(18(20,21)22,19(23,24)25)29-11-13-5-9-15(28-2)10-6-13/h3-10H,11H2,1-2H3,(H,26,27). The molecule has 0 saturated heterocycles. The van der Waals surface area contributed by atoms with E-state index in [1.807, 2.05) is 0 Å². The van der Waals surface area contributed by atoms with Crippen molar-refractivity contribution in [2.45, 2.75) is 31.6 Å². The fourth-order valence-corrected chi connectivity index (χ4v) is 2.35. The molecule has 158 valence electrons. The van der Waals surface area contributed by atoms with Crippen LogP contribution in [-0.2, 0) is 11.3 Å². The molecule has 4 nitrogen and oxygen atoms in total. The predicted octanol–water partition coefficient (Wildman–Crippen LogP) is 4.77. The molecule has 2 aromatic rings. The number of benzene rings is 2. The van der Waals surface area contributed by atoms with E-state index in [2.05, 4.69) is 4.74 Å². The van der Waals surface area contributed by atoms with Gasteiger partial charge in [0.1, 0.15) is 5.75 Å². The zero-order valence-electron chi connectivity index (χ0n) is 15.3. The molecule has 1 N–H and O–H groups in total. The first-order chi connectivity index (χ1) is 13.4. The zero-order chi connectivity index (χ0) is 21.9. The summed E-state index contributed by atoms with van der Waals surface area (Å²) in [4.78, 5) is 12.2. The molecule has 0 spiro atoms. The number of carbonyl (C=O) groups is 1. The van der Waals surface area contributed by atoms with Crippen molar-refractivity contribution in [3.63, 3.8) is 0 Å². The molecule has 0 unspecified atom stereocenters. The topological polar surface area (TPSA) is 47.6 Å². The van der Waals surface area contributed by atoms with E-state index in [0.29, 0.717) is 11.3 Å². The number of alkyl halides is 6. The summed E-state index contributed by atoms with van der Waals surface area (Å²) in [5.41, 5.74) is -4.56. The van der Waals surface area contributed by atoms with E-state index >= 15 is 0 Å². The Morgan fingerprint density at radius 3 is 1.86 bits per heavy atom. The highest BCUT2D eigenvalue weighted by Crippen LogP contribution is 2.44. The van der Waals surface area contributed by atoms with E-state index in [-0.39, 0.29) is 11.1 Å². The lowest BCUT2D eigenvalue weighted by molar-refractivity contribution is -0.391. The van der Waals surface area contributed by atoms with Crippen molar-refractivity contribution >= 4 is 5.91 Å². The van der Waals surface area contributed by atoms with Gasteiger partial charge in [-0.25, -0.2) is 0 Å². The quantitative estimate of drug-likeness (QED) is 0.540. The van der Waals surface area contributed by atoms with Crippen LogP contribution in [0.3, 0.4) is 0 Å². The van der Waals surface area contributed by atoms with Crippen molar-refractivity contribution in [2.24, 2.45) is 0 Å². The Morgan fingerprint density at radius 1 is 0.897 bits per heavy atom. The maximum atomic E-state index is 13.6. The average Bonchev–Trinajstić information content (AvgIpc) is 2.64. The third-order valence-electron chi connectivity index (χ3n) is 4.02. The molecule has 10 heteroatoms. The summed E-state index contributed by atoms with van der Waals surface area (Å²) < 4.78 is 90.5. The lowest BCUT2D eigenvalue weighted by Gasteiger charge is -2.37. The van der Waals surface area contributed by atoms with Gasteiger partial charge in [-0.1, -0.05) is 29.8 Å². The second kappa shape index (κ2) is 8.32. The van der Waals surface area contributed by atoms with Crippen molar-refractivity contribution in [3.05, 3.63) is 65.2 Å². The summed E-state index contributed by atoms with van der Waals surface area (Å²) in [6, 6.07) is 10.2. The minimum Gasteiger partial charge on any atom is -0.497 e. The van der Waals surface area contributed by atoms with Gasteiger partial charge in [0.15, 0.2) is 0 Å². The van der Waals surface area contributed by atoms with E-state index < -0.39 is 30.6 Å². The fourth-order valence-electron chi connectivity index (χ4n) is 2.35. The first-order valence-electron chi connectivity index (χ1n) is 8.19. The molecule has 1 amide bonds. The zero-order valence-corrected chi connectivity index (χ0v) is 15.3. The molecular weight excluding hydrogens is 404 g/mol. The van der Waals surface area contributed by atoms with Gasteiger partial charge in [-0.3, -0.25) is 4.79 Å². The van der Waals surface area contributed by atoms with Crippen molar-refractivity contribution in [1.82, 2.24) is 5.32 Å². The predicted molar refractivity (Wildman–Crippen MR) is 91.3 cm³/mol. The Balaban J connectivity index is 2.36. The third kappa shape index (κ3) is 5.00. The largest absolute Gasteiger partial charge is 0.497 e. The van der Waals surface area contributed by atoms with Crippen molar-refractivity contribution in [2.75, 3.05) is 7.11 Å². The number of methoxy groups -OCH3 is 1. The van der Waals surface area contributed by atoms with Crippen molar-refractivity contribution in [1.29, 1.82) is 0 Å². The van der Waals surface area contributed by atoms with E-state index in [1.54, 1.807) is 6.92 Å². The molecule has 0 aliphatic rings. The molecule has 0 aliphatic heterocycles. The highest BCUT2D eigenvalue weighted by Gasteiger charge is 2.74. The molecule has 0 saturated carbocycles. The summed E-state index contributed by atoms with van der Waals surface area (Å²) >= 11 is 0. The molecule has 2 aromatic carbocycles. The van der Waals surface area contributed by atoms with Crippen LogP contribution in [0.2, 0.25) is 0 Å². The number of carbonyl (C=O) groups excluding carboxylic acids is 1. The Hall–Kier alpha value is -2.75. The normalized spacial score (nSPS) is 12.6. The molecule has 0 aromatic heterocycles. The van der Waals surface area contributed by atoms with Crippen LogP contribution < -0.4 is 10.1 Å². The van der Waals surface area contributed by atoms with Crippen molar-refractivity contribution < 1.29 is 40.6 Å². The summed E-state index contributed by atoms with van der Waals surface area (Å²) in [5.74, 6) is -1.21. The van der Waals surface area contributed by atoms with E-state index in [1.165, 1.54) is 43.5 Å². The van der Waals surface area contributed by atoms with Gasteiger partial charge >= 0.3 is 18.1 Å². The Morgan fingerprint density at radius 2 is 1.41 bits per heavy atom. The molecule has 0 radical (unpaired) electrons. The van der Waals surface area contributed by atoms with E-state index in [0.717, 1.165) is 17.4 Å². The first-order valence-corrected chi connectivity index (χ1v) is 8.19. The molecular formula is C19H17F6NO3. The minimum absolute atomic E-state index is 0.0215. The summed E-state index contributed by atoms with van der Waals surface area (Å²) in [6.45, 7) is 0.590. The van der Waals surface area contributed by atoms with Crippen LogP contribution in [0.15, 0.2) is 48.5 Å². The van der Waals surface area contributed by atoms with Crippen LogP contribution in [0, 0.1) is 6.92 Å². The highest BCUT2D eigenvalue weighted by atomic mass is 19.4. The number of ether oxygens (including phenoxy) is 2. The van der Waals surface area contributed by atoms with Crippen LogP contribution in [0.5, 0.6) is 5.75 Å². The molecule has 2 rings (SSSR count). The number of halogens is 6. The van der Waals surface area contributed by atoms with Gasteiger partial charge in [0, 0.05) is 5.56 Å². The number of hydrogen-bond donors (Lipinski definition) is 1. The number of aryl methyl sites for hydroxylation is 1. The number of rotatable bonds is 6. The van der Waals surface area contributed by atoms with Gasteiger partial charge in [-0.05, 0) is 36.8 Å². The maximum absolute atomic E-state index is 13.6. The van der Waals surface area contributed by atoms with Gasteiger partial charge in [0.2, 0.25) is 0 Å². The molecule has 0 heterocycles. The van der Waals surface area contributed by atoms with E-state index in [9.17, 15) is 31.1 Å². The van der Waals surface area contributed by atoms with Crippen LogP contribution in [0.4, 0.5) is 26.3 Å². The fraction of sp³-hybridized carbons (Fsp3) is 0.316. The molecule has 0 bridgehead atoms. The number of hydrogen-bond acceptors (Lipinski definition) is 3. The molecule has 0 aliphatic carbocycles. The Bertz CT molecular complexity index is 815. The first kappa shape index (κ1) is 22.5. The maximum Gasteiger partial charge on any atom is 0.446 e. The number of amides is 1. The van der Waals surface area contributed by atoms with Gasteiger partial charge in [-0.2, -0.15) is 26.3 Å². The van der Waals surface area contributed by atoms with Gasteiger partial charge in [0.05, 0.1) is 13.7 Å². The van der Waals surface area contributed by atoms with Crippen LogP contribution in [0.25, 0.3) is 0 Å². The highest BCUT2D eigenvalue weighted by molar-refractivity contribution is 5.94. The smallest absolute Gasteiger partial charge is 0.446 e. The average molecular weight is 421 g/mol. The molecule has 0 atom stereocenters. The van der Waals surface area contributed by atoms with Crippen LogP contribution in [0.1, 0.15) is 21.5 Å². The SMILES string of the molecule is COc1ccc(COC(NC(=O)c2ccc(C)cc2)(C(F)(F)F)C(F)(F)F)cc1. The Kier molecular flexibility index (Phi) is 6.46.